The van der Waals surface area contributed by atoms with Crippen LogP contribution in [-0.4, -0.2) is 48.9 Å². The first-order chi connectivity index (χ1) is 10.1. The summed E-state index contributed by atoms with van der Waals surface area (Å²) in [5.74, 6) is 1.17. The molecule has 0 aromatic carbocycles. The van der Waals surface area contributed by atoms with E-state index < -0.39 is 0 Å². The molecule has 2 N–H and O–H groups in total. The van der Waals surface area contributed by atoms with Crippen molar-refractivity contribution >= 4 is 24.2 Å². The first kappa shape index (κ1) is 17.5. The van der Waals surface area contributed by atoms with Crippen molar-refractivity contribution in [1.29, 1.82) is 0 Å². The Morgan fingerprint density at radius 2 is 1.91 bits per heavy atom. The van der Waals surface area contributed by atoms with E-state index in [0.717, 1.165) is 51.7 Å². The van der Waals surface area contributed by atoms with Gasteiger partial charge in [0.1, 0.15) is 0 Å². The van der Waals surface area contributed by atoms with Crippen molar-refractivity contribution in [2.75, 3.05) is 26.2 Å². The first-order valence-electron chi connectivity index (χ1n) is 8.45. The molecule has 1 saturated carbocycles. The maximum Gasteiger partial charge on any atom is 0.225 e. The predicted octanol–water partition coefficient (Wildman–Crippen LogP) is 1.17. The Kier molecular flexibility index (Phi) is 6.09. The Morgan fingerprint density at radius 1 is 1.14 bits per heavy atom. The van der Waals surface area contributed by atoms with Gasteiger partial charge in [0, 0.05) is 25.0 Å². The van der Waals surface area contributed by atoms with Crippen molar-refractivity contribution in [2.24, 2.45) is 17.8 Å². The molecule has 3 atom stereocenters. The summed E-state index contributed by atoms with van der Waals surface area (Å²) in [6.07, 6.45) is 4.96. The Bertz CT molecular complexity index is 414. The van der Waals surface area contributed by atoms with E-state index in [9.17, 15) is 9.59 Å². The van der Waals surface area contributed by atoms with E-state index in [-0.39, 0.29) is 42.1 Å². The highest BCUT2D eigenvalue weighted by Gasteiger charge is 2.37. The zero-order chi connectivity index (χ0) is 14.8. The molecule has 2 amide bonds. The fraction of sp³-hybridized carbons (Fsp3) is 0.875. The van der Waals surface area contributed by atoms with E-state index in [1.807, 2.05) is 4.90 Å². The number of amides is 2. The van der Waals surface area contributed by atoms with E-state index in [0.29, 0.717) is 12.5 Å². The Hall–Kier alpha value is -0.810. The molecule has 3 aliphatic rings. The minimum absolute atomic E-state index is 0. The topological polar surface area (TPSA) is 61.4 Å². The summed E-state index contributed by atoms with van der Waals surface area (Å²) in [4.78, 5) is 26.6. The van der Waals surface area contributed by atoms with Crippen molar-refractivity contribution in [2.45, 2.75) is 45.1 Å². The lowest BCUT2D eigenvalue weighted by Crippen LogP contribution is -2.52. The van der Waals surface area contributed by atoms with Crippen LogP contribution in [0.5, 0.6) is 0 Å². The molecule has 2 aliphatic heterocycles. The molecule has 3 fully saturated rings. The number of hydrogen-bond donors (Lipinski definition) is 2. The normalized spacial score (nSPS) is 32.0. The van der Waals surface area contributed by atoms with E-state index >= 15 is 0 Å². The van der Waals surface area contributed by atoms with Gasteiger partial charge in [-0.2, -0.15) is 0 Å². The van der Waals surface area contributed by atoms with Crippen molar-refractivity contribution in [3.05, 3.63) is 0 Å². The van der Waals surface area contributed by atoms with E-state index in [2.05, 4.69) is 17.6 Å². The number of likely N-dealkylation sites (tertiary alicyclic amines) is 1. The van der Waals surface area contributed by atoms with Crippen molar-refractivity contribution in [3.63, 3.8) is 0 Å². The van der Waals surface area contributed by atoms with Gasteiger partial charge in [-0.05, 0) is 51.1 Å². The van der Waals surface area contributed by atoms with Gasteiger partial charge in [0.25, 0.3) is 0 Å². The standard InChI is InChI=1S/C16H27N3O2.ClH/c1-11-9-17-7-6-14(11)18-15(20)13-3-2-8-19(10-13)16(21)12-4-5-12;/h11-14,17H,2-10H2,1H3,(H,18,20);1H. The van der Waals surface area contributed by atoms with E-state index in [1.165, 1.54) is 0 Å². The fourth-order valence-electron chi connectivity index (χ4n) is 3.51. The van der Waals surface area contributed by atoms with Crippen LogP contribution in [0.1, 0.15) is 39.0 Å². The number of carbonyl (C=O) groups is 2. The third kappa shape index (κ3) is 4.13. The Morgan fingerprint density at radius 3 is 2.59 bits per heavy atom. The second-order valence-electron chi connectivity index (χ2n) is 6.98. The zero-order valence-electron chi connectivity index (χ0n) is 13.3. The van der Waals surface area contributed by atoms with Crippen LogP contribution in [0.2, 0.25) is 0 Å². The zero-order valence-corrected chi connectivity index (χ0v) is 14.2. The minimum Gasteiger partial charge on any atom is -0.353 e. The molecule has 0 bridgehead atoms. The lowest BCUT2D eigenvalue weighted by molar-refractivity contribution is -0.137. The highest BCUT2D eigenvalue weighted by atomic mass is 35.5. The van der Waals surface area contributed by atoms with Gasteiger partial charge >= 0.3 is 0 Å². The van der Waals surface area contributed by atoms with Gasteiger partial charge in [-0.15, -0.1) is 12.4 Å². The van der Waals surface area contributed by atoms with Crippen LogP contribution in [0.25, 0.3) is 0 Å². The highest BCUT2D eigenvalue weighted by Crippen LogP contribution is 2.32. The van der Waals surface area contributed by atoms with Crippen LogP contribution in [0, 0.1) is 17.8 Å². The van der Waals surface area contributed by atoms with Gasteiger partial charge in [0.2, 0.25) is 11.8 Å². The van der Waals surface area contributed by atoms with Crippen LogP contribution < -0.4 is 10.6 Å². The molecular weight excluding hydrogens is 302 g/mol. The minimum atomic E-state index is -0.0106. The quantitative estimate of drug-likeness (QED) is 0.817. The maximum absolute atomic E-state index is 12.5. The third-order valence-corrected chi connectivity index (χ3v) is 5.14. The molecule has 3 rings (SSSR count). The van der Waals surface area contributed by atoms with Crippen LogP contribution in [0.15, 0.2) is 0 Å². The van der Waals surface area contributed by atoms with Gasteiger partial charge in [0.15, 0.2) is 0 Å². The molecule has 0 aromatic rings. The molecule has 0 radical (unpaired) electrons. The SMILES string of the molecule is CC1CNCCC1NC(=O)C1CCCN(C(=O)C2CC2)C1.Cl. The molecule has 0 aromatic heterocycles. The molecule has 126 valence electrons. The number of rotatable bonds is 3. The number of nitrogens with zero attached hydrogens (tertiary/aromatic N) is 1. The van der Waals surface area contributed by atoms with Crippen LogP contribution in [0.3, 0.4) is 0 Å². The summed E-state index contributed by atoms with van der Waals surface area (Å²) < 4.78 is 0. The number of piperidine rings is 2. The number of hydrogen-bond acceptors (Lipinski definition) is 3. The second-order valence-corrected chi connectivity index (χ2v) is 6.98. The van der Waals surface area contributed by atoms with Crippen molar-refractivity contribution in [1.82, 2.24) is 15.5 Å². The van der Waals surface area contributed by atoms with Crippen LogP contribution in [-0.2, 0) is 9.59 Å². The van der Waals surface area contributed by atoms with Gasteiger partial charge in [-0.25, -0.2) is 0 Å². The van der Waals surface area contributed by atoms with E-state index in [1.54, 1.807) is 0 Å². The monoisotopic (exact) mass is 329 g/mol. The average Bonchev–Trinajstić information content (AvgIpc) is 3.34. The lowest BCUT2D eigenvalue weighted by atomic mass is 9.92. The molecule has 2 saturated heterocycles. The lowest BCUT2D eigenvalue weighted by Gasteiger charge is -2.35. The van der Waals surface area contributed by atoms with E-state index in [4.69, 9.17) is 0 Å². The summed E-state index contributed by atoms with van der Waals surface area (Å²) in [5.41, 5.74) is 0. The maximum atomic E-state index is 12.5. The highest BCUT2D eigenvalue weighted by molar-refractivity contribution is 5.85. The molecule has 5 nitrogen and oxygen atoms in total. The third-order valence-electron chi connectivity index (χ3n) is 5.14. The van der Waals surface area contributed by atoms with Crippen LogP contribution in [0.4, 0.5) is 0 Å². The van der Waals surface area contributed by atoms with Gasteiger partial charge in [0.05, 0.1) is 5.92 Å². The first-order valence-corrected chi connectivity index (χ1v) is 8.45. The summed E-state index contributed by atoms with van der Waals surface area (Å²) >= 11 is 0. The second kappa shape index (κ2) is 7.64. The van der Waals surface area contributed by atoms with Gasteiger partial charge < -0.3 is 15.5 Å². The van der Waals surface area contributed by atoms with Crippen LogP contribution >= 0.6 is 12.4 Å². The molecule has 3 unspecified atom stereocenters. The van der Waals surface area contributed by atoms with Crippen molar-refractivity contribution < 1.29 is 9.59 Å². The molecule has 6 heteroatoms. The Labute approximate surface area is 139 Å². The summed E-state index contributed by atoms with van der Waals surface area (Å²) in [6.45, 7) is 5.60. The average molecular weight is 330 g/mol. The smallest absolute Gasteiger partial charge is 0.225 e. The number of halogens is 1. The summed E-state index contributed by atoms with van der Waals surface area (Å²) in [6, 6.07) is 0.285. The molecule has 22 heavy (non-hydrogen) atoms. The molecule has 2 heterocycles. The number of nitrogens with one attached hydrogen (secondary N) is 2. The van der Waals surface area contributed by atoms with Gasteiger partial charge in [-0.1, -0.05) is 6.92 Å². The number of carbonyl (C=O) groups excluding carboxylic acids is 2. The molecule has 0 spiro atoms. The predicted molar refractivity (Wildman–Crippen MR) is 87.9 cm³/mol. The fourth-order valence-corrected chi connectivity index (χ4v) is 3.51. The largest absolute Gasteiger partial charge is 0.353 e. The van der Waals surface area contributed by atoms with Gasteiger partial charge in [-0.3, -0.25) is 9.59 Å². The Balaban J connectivity index is 0.00000176. The van der Waals surface area contributed by atoms with Crippen molar-refractivity contribution in [3.8, 4) is 0 Å². The summed E-state index contributed by atoms with van der Waals surface area (Å²) in [7, 11) is 0. The molecular formula is C16H28ClN3O2. The summed E-state index contributed by atoms with van der Waals surface area (Å²) in [5, 5.41) is 6.58. The molecule has 1 aliphatic carbocycles.